The van der Waals surface area contributed by atoms with Crippen LogP contribution in [0.15, 0.2) is 28.7 Å². The number of halogens is 1. The van der Waals surface area contributed by atoms with Gasteiger partial charge >= 0.3 is 0 Å². The highest BCUT2D eigenvalue weighted by atomic mass is 79.9. The molecule has 0 aromatic heterocycles. The number of benzene rings is 1. The predicted molar refractivity (Wildman–Crippen MR) is 66.0 cm³/mol. The van der Waals surface area contributed by atoms with Gasteiger partial charge in [0.05, 0.1) is 0 Å². The van der Waals surface area contributed by atoms with Gasteiger partial charge in [-0.05, 0) is 25.7 Å². The van der Waals surface area contributed by atoms with Crippen LogP contribution in [0.3, 0.4) is 0 Å². The third kappa shape index (κ3) is 4.58. The van der Waals surface area contributed by atoms with E-state index in [0.29, 0.717) is 12.8 Å². The van der Waals surface area contributed by atoms with Crippen LogP contribution in [0.1, 0.15) is 12.0 Å². The van der Waals surface area contributed by atoms with Crippen molar-refractivity contribution in [2.45, 2.75) is 12.8 Å². The van der Waals surface area contributed by atoms with Gasteiger partial charge < -0.3 is 4.90 Å². The van der Waals surface area contributed by atoms with Crippen LogP contribution in [-0.2, 0) is 11.2 Å². The first kappa shape index (κ1) is 12.4. The van der Waals surface area contributed by atoms with Crippen LogP contribution in [0.5, 0.6) is 0 Å². The summed E-state index contributed by atoms with van der Waals surface area (Å²) in [6.45, 7) is 0.823. The Labute approximate surface area is 99.4 Å². The molecule has 0 fully saturated rings. The molecule has 3 heteroatoms. The third-order valence-electron chi connectivity index (χ3n) is 2.18. The first-order valence-electron chi connectivity index (χ1n) is 4.99. The van der Waals surface area contributed by atoms with Gasteiger partial charge in [-0.1, -0.05) is 34.1 Å². The molecule has 1 aromatic rings. The maximum absolute atomic E-state index is 11.6. The van der Waals surface area contributed by atoms with Gasteiger partial charge in [0.1, 0.15) is 5.78 Å². The summed E-state index contributed by atoms with van der Waals surface area (Å²) in [6, 6.07) is 7.86. The molecule has 0 spiro atoms. The van der Waals surface area contributed by atoms with E-state index in [9.17, 15) is 4.79 Å². The molecule has 0 N–H and O–H groups in total. The fraction of sp³-hybridized carbons (Fsp3) is 0.417. The summed E-state index contributed by atoms with van der Waals surface area (Å²) in [4.78, 5) is 13.6. The lowest BCUT2D eigenvalue weighted by atomic mass is 10.1. The minimum Gasteiger partial charge on any atom is -0.309 e. The molecule has 82 valence electrons. The van der Waals surface area contributed by atoms with E-state index in [-0.39, 0.29) is 5.78 Å². The van der Waals surface area contributed by atoms with Crippen molar-refractivity contribution in [3.8, 4) is 0 Å². The second-order valence-electron chi connectivity index (χ2n) is 3.86. The Morgan fingerprint density at radius 2 is 2.00 bits per heavy atom. The van der Waals surface area contributed by atoms with Crippen molar-refractivity contribution in [1.82, 2.24) is 4.90 Å². The number of rotatable bonds is 5. The molecule has 15 heavy (non-hydrogen) atoms. The average Bonchev–Trinajstić information content (AvgIpc) is 2.18. The van der Waals surface area contributed by atoms with E-state index >= 15 is 0 Å². The van der Waals surface area contributed by atoms with Crippen molar-refractivity contribution in [3.63, 3.8) is 0 Å². The van der Waals surface area contributed by atoms with Crippen molar-refractivity contribution >= 4 is 21.7 Å². The second-order valence-corrected chi connectivity index (χ2v) is 4.71. The normalized spacial score (nSPS) is 10.7. The van der Waals surface area contributed by atoms with Gasteiger partial charge in [0.25, 0.3) is 0 Å². The largest absolute Gasteiger partial charge is 0.309 e. The summed E-state index contributed by atoms with van der Waals surface area (Å²) >= 11 is 3.44. The molecule has 0 aliphatic carbocycles. The van der Waals surface area contributed by atoms with E-state index in [4.69, 9.17) is 0 Å². The minimum absolute atomic E-state index is 0.288. The Balaban J connectivity index is 2.48. The summed E-state index contributed by atoms with van der Waals surface area (Å²) in [7, 11) is 3.96. The number of Topliss-reactive ketones (excluding diaryl/α,β-unsaturated/α-hetero) is 1. The molecule has 1 aromatic carbocycles. The lowest BCUT2D eigenvalue weighted by Gasteiger charge is -2.08. The average molecular weight is 270 g/mol. The van der Waals surface area contributed by atoms with E-state index < -0.39 is 0 Å². The van der Waals surface area contributed by atoms with Crippen LogP contribution in [0.2, 0.25) is 0 Å². The number of hydrogen-bond acceptors (Lipinski definition) is 2. The van der Waals surface area contributed by atoms with Gasteiger partial charge in [0.2, 0.25) is 0 Å². The molecule has 0 saturated carbocycles. The number of carbonyl (C=O) groups is 1. The van der Waals surface area contributed by atoms with Gasteiger partial charge in [0, 0.05) is 23.9 Å². The molecule has 0 heterocycles. The number of hydrogen-bond donors (Lipinski definition) is 0. The highest BCUT2D eigenvalue weighted by molar-refractivity contribution is 9.10. The van der Waals surface area contributed by atoms with Gasteiger partial charge in [-0.3, -0.25) is 4.79 Å². The number of ketones is 1. The third-order valence-corrected chi connectivity index (χ3v) is 2.96. The number of carbonyl (C=O) groups excluding carboxylic acids is 1. The molecule has 0 aliphatic rings. The molecule has 0 amide bonds. The summed E-state index contributed by atoms with van der Waals surface area (Å²) < 4.78 is 1.02. The van der Waals surface area contributed by atoms with Crippen molar-refractivity contribution < 1.29 is 4.79 Å². The standard InChI is InChI=1S/C12H16BrNO/c1-14(2)8-7-11(15)9-10-5-3-4-6-12(10)13/h3-6H,7-9H2,1-2H3. The topological polar surface area (TPSA) is 20.3 Å². The Morgan fingerprint density at radius 1 is 1.33 bits per heavy atom. The summed E-state index contributed by atoms with van der Waals surface area (Å²) in [6.07, 6.45) is 1.14. The van der Waals surface area contributed by atoms with E-state index in [1.165, 1.54) is 0 Å². The van der Waals surface area contributed by atoms with Crippen LogP contribution in [-0.4, -0.2) is 31.3 Å². The van der Waals surface area contributed by atoms with Crippen LogP contribution >= 0.6 is 15.9 Å². The molecular formula is C12H16BrNO. The molecule has 0 aliphatic heterocycles. The fourth-order valence-corrected chi connectivity index (χ4v) is 1.72. The molecule has 0 saturated heterocycles. The van der Waals surface area contributed by atoms with E-state index in [2.05, 4.69) is 15.9 Å². The zero-order valence-electron chi connectivity index (χ0n) is 9.16. The first-order valence-corrected chi connectivity index (χ1v) is 5.78. The van der Waals surface area contributed by atoms with Gasteiger partial charge in [0.15, 0.2) is 0 Å². The van der Waals surface area contributed by atoms with Crippen molar-refractivity contribution in [1.29, 1.82) is 0 Å². The minimum atomic E-state index is 0.288. The monoisotopic (exact) mass is 269 g/mol. The van der Waals surface area contributed by atoms with Crippen molar-refractivity contribution in [2.75, 3.05) is 20.6 Å². The quantitative estimate of drug-likeness (QED) is 0.819. The van der Waals surface area contributed by atoms with Crippen LogP contribution in [0.25, 0.3) is 0 Å². The lowest BCUT2D eigenvalue weighted by molar-refractivity contribution is -0.118. The summed E-state index contributed by atoms with van der Waals surface area (Å²) in [5.41, 5.74) is 1.07. The maximum Gasteiger partial charge on any atom is 0.138 e. The highest BCUT2D eigenvalue weighted by Gasteiger charge is 2.06. The van der Waals surface area contributed by atoms with Crippen LogP contribution in [0, 0.1) is 0 Å². The van der Waals surface area contributed by atoms with Crippen LogP contribution < -0.4 is 0 Å². The summed E-state index contributed by atoms with van der Waals surface area (Å²) in [5, 5.41) is 0. The Morgan fingerprint density at radius 3 is 2.60 bits per heavy atom. The zero-order chi connectivity index (χ0) is 11.3. The maximum atomic E-state index is 11.6. The van der Waals surface area contributed by atoms with E-state index in [1.54, 1.807) is 0 Å². The van der Waals surface area contributed by atoms with E-state index in [0.717, 1.165) is 16.6 Å². The molecule has 2 nitrogen and oxygen atoms in total. The first-order chi connectivity index (χ1) is 7.09. The fourth-order valence-electron chi connectivity index (χ4n) is 1.29. The van der Waals surface area contributed by atoms with Gasteiger partial charge in [-0.15, -0.1) is 0 Å². The van der Waals surface area contributed by atoms with Gasteiger partial charge in [-0.25, -0.2) is 0 Å². The van der Waals surface area contributed by atoms with Crippen LogP contribution in [0.4, 0.5) is 0 Å². The van der Waals surface area contributed by atoms with E-state index in [1.807, 2.05) is 43.3 Å². The molecular weight excluding hydrogens is 254 g/mol. The zero-order valence-corrected chi connectivity index (χ0v) is 10.8. The molecule has 0 atom stereocenters. The smallest absolute Gasteiger partial charge is 0.138 e. The highest BCUT2D eigenvalue weighted by Crippen LogP contribution is 2.16. The van der Waals surface area contributed by atoms with Crippen molar-refractivity contribution in [2.24, 2.45) is 0 Å². The lowest BCUT2D eigenvalue weighted by Crippen LogP contribution is -2.17. The molecule has 0 radical (unpaired) electrons. The molecule has 0 unspecified atom stereocenters. The summed E-state index contributed by atoms with van der Waals surface area (Å²) in [5.74, 6) is 0.288. The molecule has 0 bridgehead atoms. The Bertz CT molecular complexity index is 336. The Kier molecular flexibility index (Phi) is 4.99. The SMILES string of the molecule is CN(C)CCC(=O)Cc1ccccc1Br. The second kappa shape index (κ2) is 6.03. The molecule has 1 rings (SSSR count). The predicted octanol–water partition coefficient (Wildman–Crippen LogP) is 2.51. The van der Waals surface area contributed by atoms with Gasteiger partial charge in [-0.2, -0.15) is 0 Å². The van der Waals surface area contributed by atoms with Crippen molar-refractivity contribution in [3.05, 3.63) is 34.3 Å². The Hall–Kier alpha value is -0.670. The number of nitrogens with zero attached hydrogens (tertiary/aromatic N) is 1.